The number of likely N-dealkylation sites (tertiary alicyclic amines) is 1. The lowest BCUT2D eigenvalue weighted by Gasteiger charge is -2.42. The number of carbonyl (C=O) groups is 4. The minimum absolute atomic E-state index is 0.0316. The number of anilines is 1. The third-order valence-electron chi connectivity index (χ3n) is 9.38. The normalized spacial score (nSPS) is 18.6. The minimum Gasteiger partial charge on any atom is -0.473 e. The number of carboxylic acid groups (broad SMARTS) is 1. The predicted molar refractivity (Wildman–Crippen MR) is 187 cm³/mol. The zero-order chi connectivity index (χ0) is 38.5. The number of halogens is 3. The molecule has 2 aliphatic heterocycles. The molecule has 0 radical (unpaired) electrons. The molecule has 5 rings (SSSR count). The number of hydrogen-bond donors (Lipinski definition) is 2. The Morgan fingerprint density at radius 3 is 2.26 bits per heavy atom. The van der Waals surface area contributed by atoms with E-state index in [0.29, 0.717) is 18.9 Å². The first kappa shape index (κ1) is 38.9. The summed E-state index contributed by atoms with van der Waals surface area (Å²) in [6.07, 6.45) is -6.16. The summed E-state index contributed by atoms with van der Waals surface area (Å²) in [7, 11) is 0. The third kappa shape index (κ3) is 8.84. The summed E-state index contributed by atoms with van der Waals surface area (Å²) < 4.78 is 55.6. The molecule has 2 heterocycles. The number of carbonyl (C=O) groups excluding carboxylic acids is 3. The highest BCUT2D eigenvalue weighted by molar-refractivity contribution is 6.05. The Morgan fingerprint density at radius 2 is 1.68 bits per heavy atom. The second-order valence-electron chi connectivity index (χ2n) is 13.6. The number of ether oxygens (including phenoxy) is 2. The van der Waals surface area contributed by atoms with Crippen molar-refractivity contribution in [1.82, 2.24) is 14.7 Å². The highest BCUT2D eigenvalue weighted by Crippen LogP contribution is 2.44. The highest BCUT2D eigenvalue weighted by Gasteiger charge is 2.47. The average Bonchev–Trinajstić information content (AvgIpc) is 3.13. The van der Waals surface area contributed by atoms with Gasteiger partial charge in [0, 0.05) is 38.8 Å². The van der Waals surface area contributed by atoms with E-state index < -0.39 is 71.3 Å². The fraction of sp³-hybridized carbons (Fsp3) is 0.421. The van der Waals surface area contributed by atoms with Crippen LogP contribution < -0.4 is 9.64 Å². The Balaban J connectivity index is 1.52. The van der Waals surface area contributed by atoms with E-state index in [1.54, 1.807) is 62.4 Å². The van der Waals surface area contributed by atoms with E-state index in [4.69, 9.17) is 9.47 Å². The Morgan fingerprint density at radius 1 is 1.04 bits per heavy atom. The van der Waals surface area contributed by atoms with Gasteiger partial charge in [-0.05, 0) is 56.9 Å². The number of benzene rings is 3. The van der Waals surface area contributed by atoms with Crippen LogP contribution >= 0.6 is 0 Å². The van der Waals surface area contributed by atoms with Crippen molar-refractivity contribution in [2.24, 2.45) is 0 Å². The van der Waals surface area contributed by atoms with Crippen LogP contribution in [0.1, 0.15) is 60.7 Å². The lowest BCUT2D eigenvalue weighted by molar-refractivity contribution is -0.139. The molecule has 53 heavy (non-hydrogen) atoms. The number of piperidine rings is 1. The number of aliphatic hydroxyl groups is 1. The van der Waals surface area contributed by atoms with E-state index in [2.05, 4.69) is 0 Å². The molecule has 2 atom stereocenters. The molecule has 3 aromatic carbocycles. The van der Waals surface area contributed by atoms with Crippen LogP contribution in [0, 0.1) is 0 Å². The lowest BCUT2D eigenvalue weighted by atomic mass is 9.96. The maximum absolute atomic E-state index is 14.7. The van der Waals surface area contributed by atoms with E-state index in [9.17, 15) is 42.6 Å². The number of hydrogen-bond acceptors (Lipinski definition) is 7. The van der Waals surface area contributed by atoms with Crippen molar-refractivity contribution in [2.45, 2.75) is 70.6 Å². The van der Waals surface area contributed by atoms with Gasteiger partial charge in [0.2, 0.25) is 5.60 Å². The molecule has 1 fully saturated rings. The fourth-order valence-electron chi connectivity index (χ4n) is 6.66. The van der Waals surface area contributed by atoms with Crippen molar-refractivity contribution in [1.29, 1.82) is 0 Å². The lowest BCUT2D eigenvalue weighted by Crippen LogP contribution is -2.58. The second kappa shape index (κ2) is 16.1. The van der Waals surface area contributed by atoms with Gasteiger partial charge >= 0.3 is 18.4 Å². The van der Waals surface area contributed by atoms with Crippen molar-refractivity contribution < 1.29 is 52.0 Å². The second-order valence-corrected chi connectivity index (χ2v) is 13.6. The van der Waals surface area contributed by atoms with E-state index >= 15 is 0 Å². The standard InChI is InChI=1S/C38H43F3N4O8/c1-25(2)45(28-15-10-16-42(22-28)35(49)50)33(47)29-19-31-32(20-30(29)38(39,40)41)53-37(3,24-46)34(48)44(31)18-17-43(21-26-11-6-4-7-12-26)36(51)52-23-27-13-8-5-9-14-27/h4-9,11-14,19-20,25,28,46H,10,15-18,21-24H2,1-3H3,(H,49,50)/t28-,37?/m1/s1. The molecule has 0 aliphatic carbocycles. The first-order chi connectivity index (χ1) is 25.1. The highest BCUT2D eigenvalue weighted by atomic mass is 19.4. The summed E-state index contributed by atoms with van der Waals surface area (Å²) in [5.41, 5.74) is -2.72. The van der Waals surface area contributed by atoms with E-state index in [-0.39, 0.29) is 45.0 Å². The van der Waals surface area contributed by atoms with Gasteiger partial charge in [-0.3, -0.25) is 9.59 Å². The smallest absolute Gasteiger partial charge is 0.417 e. The molecule has 284 valence electrons. The van der Waals surface area contributed by atoms with Gasteiger partial charge in [0.15, 0.2) is 0 Å². The van der Waals surface area contributed by atoms with Crippen molar-refractivity contribution in [3.8, 4) is 5.75 Å². The molecule has 0 bridgehead atoms. The number of nitrogens with zero attached hydrogens (tertiary/aromatic N) is 4. The van der Waals surface area contributed by atoms with Gasteiger partial charge < -0.3 is 39.3 Å². The molecule has 0 spiro atoms. The summed E-state index contributed by atoms with van der Waals surface area (Å²) in [6, 6.07) is 18.3. The van der Waals surface area contributed by atoms with Crippen LogP contribution in [0.4, 0.5) is 28.4 Å². The molecular weight excluding hydrogens is 697 g/mol. The SMILES string of the molecule is CC(C)N(C(=O)c1cc2c(cc1C(F)(F)F)OC(C)(CO)C(=O)N2CCN(Cc1ccccc1)C(=O)OCc1ccccc1)[C@@H]1CCCN(C(=O)O)C1. The maximum Gasteiger partial charge on any atom is 0.417 e. The van der Waals surface area contributed by atoms with Crippen molar-refractivity contribution in [3.05, 3.63) is 95.1 Å². The zero-order valence-corrected chi connectivity index (χ0v) is 29.7. The zero-order valence-electron chi connectivity index (χ0n) is 29.7. The largest absolute Gasteiger partial charge is 0.473 e. The van der Waals surface area contributed by atoms with Crippen molar-refractivity contribution in [2.75, 3.05) is 37.7 Å². The van der Waals surface area contributed by atoms with Crippen LogP contribution in [0.5, 0.6) is 5.75 Å². The molecule has 1 unspecified atom stereocenters. The molecule has 3 aromatic rings. The van der Waals surface area contributed by atoms with Crippen LogP contribution in [0.3, 0.4) is 0 Å². The fourth-order valence-corrected chi connectivity index (χ4v) is 6.66. The average molecular weight is 741 g/mol. The predicted octanol–water partition coefficient (Wildman–Crippen LogP) is 6.01. The monoisotopic (exact) mass is 740 g/mol. The van der Waals surface area contributed by atoms with Crippen LogP contribution in [0.2, 0.25) is 0 Å². The van der Waals surface area contributed by atoms with E-state index in [1.165, 1.54) is 16.7 Å². The van der Waals surface area contributed by atoms with Gasteiger partial charge in [0.05, 0.1) is 29.5 Å². The maximum atomic E-state index is 14.7. The molecule has 12 nitrogen and oxygen atoms in total. The third-order valence-corrected chi connectivity index (χ3v) is 9.38. The van der Waals surface area contributed by atoms with Gasteiger partial charge in [0.1, 0.15) is 12.4 Å². The molecular formula is C38H43F3N4O8. The Bertz CT molecular complexity index is 1790. The van der Waals surface area contributed by atoms with Gasteiger partial charge in [-0.2, -0.15) is 13.2 Å². The van der Waals surface area contributed by atoms with Crippen LogP contribution in [0.15, 0.2) is 72.8 Å². The topological polar surface area (TPSA) is 140 Å². The molecule has 1 saturated heterocycles. The van der Waals surface area contributed by atoms with Gasteiger partial charge in [0.25, 0.3) is 11.8 Å². The first-order valence-corrected chi connectivity index (χ1v) is 17.3. The molecule has 0 aromatic heterocycles. The molecule has 2 aliphatic rings. The Labute approximate surface area is 305 Å². The van der Waals surface area contributed by atoms with Gasteiger partial charge in [-0.25, -0.2) is 9.59 Å². The minimum atomic E-state index is -5.04. The summed E-state index contributed by atoms with van der Waals surface area (Å²) >= 11 is 0. The molecule has 15 heteroatoms. The molecule has 0 saturated carbocycles. The number of amides is 4. The summed E-state index contributed by atoms with van der Waals surface area (Å²) in [6.45, 7) is 3.42. The molecule has 2 N–H and O–H groups in total. The number of aliphatic hydroxyl groups excluding tert-OH is 1. The summed E-state index contributed by atoms with van der Waals surface area (Å²) in [4.78, 5) is 58.3. The Hall–Kier alpha value is -5.31. The van der Waals surface area contributed by atoms with E-state index in [0.717, 1.165) is 27.0 Å². The molecule has 4 amide bonds. The van der Waals surface area contributed by atoms with Crippen molar-refractivity contribution >= 4 is 29.7 Å². The number of fused-ring (bicyclic) bond motifs is 1. The van der Waals surface area contributed by atoms with Gasteiger partial charge in [-0.15, -0.1) is 0 Å². The first-order valence-electron chi connectivity index (χ1n) is 17.3. The van der Waals surface area contributed by atoms with Crippen LogP contribution in [-0.2, 0) is 28.9 Å². The van der Waals surface area contributed by atoms with Crippen LogP contribution in [0.25, 0.3) is 0 Å². The quantitative estimate of drug-likeness (QED) is 0.244. The Kier molecular flexibility index (Phi) is 11.9. The van der Waals surface area contributed by atoms with Crippen LogP contribution in [-0.4, -0.2) is 99.4 Å². The summed E-state index contributed by atoms with van der Waals surface area (Å²) in [5.74, 6) is -2.18. The van der Waals surface area contributed by atoms with E-state index in [1.807, 2.05) is 12.1 Å². The number of alkyl halides is 3. The van der Waals surface area contributed by atoms with Crippen molar-refractivity contribution in [3.63, 3.8) is 0 Å². The summed E-state index contributed by atoms with van der Waals surface area (Å²) in [5, 5.41) is 19.8. The number of rotatable bonds is 11. The van der Waals surface area contributed by atoms with Gasteiger partial charge in [-0.1, -0.05) is 60.7 Å².